The van der Waals surface area contributed by atoms with Crippen LogP contribution in [0.1, 0.15) is 5.56 Å². The predicted molar refractivity (Wildman–Crippen MR) is 55.5 cm³/mol. The highest BCUT2D eigenvalue weighted by molar-refractivity contribution is 5.95. The van der Waals surface area contributed by atoms with Crippen LogP contribution >= 0.6 is 0 Å². The standard InChI is InChI=1S/C10H9N3O/c11-10-6-12-5-8-3-7(4-13-14)1-2-9(8)10/h1-6,14H,11H2/b13-4+. The molecule has 0 fully saturated rings. The van der Waals surface area contributed by atoms with Gasteiger partial charge in [0.2, 0.25) is 0 Å². The molecule has 0 aliphatic rings. The van der Waals surface area contributed by atoms with Crippen molar-refractivity contribution < 1.29 is 5.21 Å². The van der Waals surface area contributed by atoms with Crippen LogP contribution in [0.15, 0.2) is 35.7 Å². The minimum Gasteiger partial charge on any atom is -0.411 e. The summed E-state index contributed by atoms with van der Waals surface area (Å²) < 4.78 is 0. The summed E-state index contributed by atoms with van der Waals surface area (Å²) in [6, 6.07) is 5.57. The Hall–Kier alpha value is -2.10. The lowest BCUT2D eigenvalue weighted by atomic mass is 10.1. The normalized spacial score (nSPS) is 11.1. The summed E-state index contributed by atoms with van der Waals surface area (Å²) in [5.41, 5.74) is 7.20. The quantitative estimate of drug-likeness (QED) is 0.405. The Balaban J connectivity index is 2.67. The number of hydrogen-bond donors (Lipinski definition) is 2. The Kier molecular flexibility index (Phi) is 2.02. The second-order valence-corrected chi connectivity index (χ2v) is 2.95. The minimum absolute atomic E-state index is 0.648. The second-order valence-electron chi connectivity index (χ2n) is 2.95. The van der Waals surface area contributed by atoms with Gasteiger partial charge in [-0.3, -0.25) is 4.98 Å². The highest BCUT2D eigenvalue weighted by Crippen LogP contribution is 2.19. The van der Waals surface area contributed by atoms with Crippen molar-refractivity contribution in [1.29, 1.82) is 0 Å². The number of pyridine rings is 1. The number of hydrogen-bond acceptors (Lipinski definition) is 4. The van der Waals surface area contributed by atoms with Crippen LogP contribution in [0.3, 0.4) is 0 Å². The van der Waals surface area contributed by atoms with Crippen molar-refractivity contribution in [1.82, 2.24) is 4.98 Å². The minimum atomic E-state index is 0.648. The monoisotopic (exact) mass is 187 g/mol. The van der Waals surface area contributed by atoms with Crippen molar-refractivity contribution in [3.8, 4) is 0 Å². The molecule has 14 heavy (non-hydrogen) atoms. The maximum Gasteiger partial charge on any atom is 0.0734 e. The van der Waals surface area contributed by atoms with Gasteiger partial charge in [0, 0.05) is 17.0 Å². The topological polar surface area (TPSA) is 71.5 Å². The van der Waals surface area contributed by atoms with Gasteiger partial charge in [0.1, 0.15) is 0 Å². The molecule has 4 nitrogen and oxygen atoms in total. The van der Waals surface area contributed by atoms with Crippen LogP contribution in [0.5, 0.6) is 0 Å². The van der Waals surface area contributed by atoms with Crippen LogP contribution in [0.4, 0.5) is 5.69 Å². The Morgan fingerprint density at radius 3 is 3.00 bits per heavy atom. The molecule has 0 aliphatic heterocycles. The van der Waals surface area contributed by atoms with Gasteiger partial charge in [0.25, 0.3) is 0 Å². The third-order valence-corrected chi connectivity index (χ3v) is 2.02. The third-order valence-electron chi connectivity index (χ3n) is 2.02. The molecule has 0 saturated heterocycles. The summed E-state index contributed by atoms with van der Waals surface area (Å²) in [4.78, 5) is 3.98. The Morgan fingerprint density at radius 2 is 2.21 bits per heavy atom. The first-order chi connectivity index (χ1) is 6.81. The first-order valence-corrected chi connectivity index (χ1v) is 4.12. The molecule has 0 aliphatic carbocycles. The molecule has 2 rings (SSSR count). The van der Waals surface area contributed by atoms with Crippen molar-refractivity contribution in [3.63, 3.8) is 0 Å². The van der Waals surface area contributed by atoms with Crippen LogP contribution in [0.2, 0.25) is 0 Å². The van der Waals surface area contributed by atoms with E-state index in [2.05, 4.69) is 10.1 Å². The third kappa shape index (κ3) is 1.37. The highest BCUT2D eigenvalue weighted by atomic mass is 16.4. The summed E-state index contributed by atoms with van der Waals surface area (Å²) in [6.45, 7) is 0. The number of aromatic nitrogens is 1. The van der Waals surface area contributed by atoms with Gasteiger partial charge in [0.05, 0.1) is 18.1 Å². The molecule has 2 aromatic rings. The number of oxime groups is 1. The van der Waals surface area contributed by atoms with Crippen LogP contribution in [0, 0.1) is 0 Å². The van der Waals surface area contributed by atoms with E-state index in [0.29, 0.717) is 5.69 Å². The summed E-state index contributed by atoms with van der Waals surface area (Å²) in [5.74, 6) is 0. The molecule has 1 aromatic carbocycles. The molecule has 1 aromatic heterocycles. The van der Waals surface area contributed by atoms with E-state index in [0.717, 1.165) is 16.3 Å². The van der Waals surface area contributed by atoms with Gasteiger partial charge in [-0.2, -0.15) is 0 Å². The van der Waals surface area contributed by atoms with Crippen molar-refractivity contribution >= 4 is 22.7 Å². The zero-order valence-corrected chi connectivity index (χ0v) is 7.38. The van der Waals surface area contributed by atoms with Crippen molar-refractivity contribution in [2.24, 2.45) is 5.16 Å². The fraction of sp³-hybridized carbons (Fsp3) is 0. The molecule has 0 radical (unpaired) electrons. The lowest BCUT2D eigenvalue weighted by molar-refractivity contribution is 0.322. The van der Waals surface area contributed by atoms with Gasteiger partial charge in [-0.15, -0.1) is 0 Å². The number of fused-ring (bicyclic) bond motifs is 1. The molecule has 0 amide bonds. The SMILES string of the molecule is Nc1cncc2cc(/C=N/O)ccc12. The number of anilines is 1. The number of rotatable bonds is 1. The Labute approximate surface area is 80.7 Å². The number of nitrogens with zero attached hydrogens (tertiary/aromatic N) is 2. The van der Waals surface area contributed by atoms with Crippen LogP contribution in [-0.2, 0) is 0 Å². The van der Waals surface area contributed by atoms with E-state index in [9.17, 15) is 0 Å². The molecule has 70 valence electrons. The molecule has 0 unspecified atom stereocenters. The number of nitrogens with two attached hydrogens (primary N) is 1. The maximum atomic E-state index is 8.38. The van der Waals surface area contributed by atoms with Gasteiger partial charge in [-0.05, 0) is 11.6 Å². The van der Waals surface area contributed by atoms with Crippen LogP contribution in [-0.4, -0.2) is 16.4 Å². The molecule has 0 atom stereocenters. The average molecular weight is 187 g/mol. The van der Waals surface area contributed by atoms with Gasteiger partial charge >= 0.3 is 0 Å². The van der Waals surface area contributed by atoms with E-state index in [1.807, 2.05) is 18.2 Å². The Bertz CT molecular complexity index is 494. The number of benzene rings is 1. The van der Waals surface area contributed by atoms with Gasteiger partial charge in [0.15, 0.2) is 0 Å². The number of nitrogen functional groups attached to an aromatic ring is 1. The van der Waals surface area contributed by atoms with E-state index in [-0.39, 0.29) is 0 Å². The second kappa shape index (κ2) is 3.33. The molecule has 1 heterocycles. The summed E-state index contributed by atoms with van der Waals surface area (Å²) >= 11 is 0. The molecule has 4 heteroatoms. The van der Waals surface area contributed by atoms with Crippen LogP contribution < -0.4 is 5.73 Å². The molecule has 3 N–H and O–H groups in total. The fourth-order valence-corrected chi connectivity index (χ4v) is 1.37. The molecule has 0 saturated carbocycles. The van der Waals surface area contributed by atoms with E-state index in [1.54, 1.807) is 12.4 Å². The van der Waals surface area contributed by atoms with E-state index in [1.165, 1.54) is 6.21 Å². The highest BCUT2D eigenvalue weighted by Gasteiger charge is 1.98. The van der Waals surface area contributed by atoms with Gasteiger partial charge in [-0.1, -0.05) is 17.3 Å². The molecule has 0 bridgehead atoms. The first-order valence-electron chi connectivity index (χ1n) is 4.12. The van der Waals surface area contributed by atoms with Gasteiger partial charge < -0.3 is 10.9 Å². The van der Waals surface area contributed by atoms with E-state index < -0.39 is 0 Å². The van der Waals surface area contributed by atoms with Crippen molar-refractivity contribution in [3.05, 3.63) is 36.2 Å². The average Bonchev–Trinajstić information content (AvgIpc) is 2.18. The van der Waals surface area contributed by atoms with Crippen LogP contribution in [0.25, 0.3) is 10.8 Å². The van der Waals surface area contributed by atoms with Crippen molar-refractivity contribution in [2.45, 2.75) is 0 Å². The smallest absolute Gasteiger partial charge is 0.0734 e. The zero-order chi connectivity index (χ0) is 9.97. The molecular weight excluding hydrogens is 178 g/mol. The lowest BCUT2D eigenvalue weighted by Gasteiger charge is -2.01. The first kappa shape index (κ1) is 8.50. The predicted octanol–water partition coefficient (Wildman–Crippen LogP) is 1.63. The maximum absolute atomic E-state index is 8.38. The largest absolute Gasteiger partial charge is 0.411 e. The van der Waals surface area contributed by atoms with E-state index >= 15 is 0 Å². The zero-order valence-electron chi connectivity index (χ0n) is 7.38. The molecular formula is C10H9N3O. The summed E-state index contributed by atoms with van der Waals surface area (Å²) in [5, 5.41) is 13.2. The van der Waals surface area contributed by atoms with E-state index in [4.69, 9.17) is 10.9 Å². The summed E-state index contributed by atoms with van der Waals surface area (Å²) in [7, 11) is 0. The fourth-order valence-electron chi connectivity index (χ4n) is 1.37. The summed E-state index contributed by atoms with van der Waals surface area (Å²) in [6.07, 6.45) is 4.70. The lowest BCUT2D eigenvalue weighted by Crippen LogP contribution is -1.89. The Morgan fingerprint density at radius 1 is 1.36 bits per heavy atom. The van der Waals surface area contributed by atoms with Gasteiger partial charge in [-0.25, -0.2) is 0 Å². The van der Waals surface area contributed by atoms with Crippen molar-refractivity contribution in [2.75, 3.05) is 5.73 Å². The molecule has 0 spiro atoms.